The predicted octanol–water partition coefficient (Wildman–Crippen LogP) is 18.1. The highest BCUT2D eigenvalue weighted by atomic mass is 16.3. The number of nitrogens with zero attached hydrogens (tertiary/aromatic N) is 2. The van der Waals surface area contributed by atoms with E-state index < -0.39 is 0 Å². The molecule has 0 N–H and O–H groups in total. The van der Waals surface area contributed by atoms with Gasteiger partial charge in [0.25, 0.3) is 0 Å². The molecular weight excluding hydrogens is 777 g/mol. The Bertz CT molecular complexity index is 3040. The number of furan rings is 1. The summed E-state index contributed by atoms with van der Waals surface area (Å²) in [5.41, 5.74) is 17.0. The topological polar surface area (TPSA) is 19.6 Å². The average molecular weight is 845 g/mol. The maximum atomic E-state index is 7.03. The standard InChI is InChI=1S/C61H68N2O/c1-57(2,3)39-21-25-43(26-22-39)62(45-19-15-17-41(35-45)59(7,8)9)47-29-30-49-53(37-47)64-54-38-51-55-48(33-34-61(51,13)14)52(32-31-50(55)56(49)54)63(44-27-23-40(24-28-44)58(4,5)6)46-20-16-18-42(36-46)60(10,11)12/h15-32,35-38H,33-34H2,1-14H3. The third kappa shape index (κ3) is 7.80. The van der Waals surface area contributed by atoms with Crippen molar-refractivity contribution >= 4 is 66.8 Å². The van der Waals surface area contributed by atoms with Crippen molar-refractivity contribution in [2.75, 3.05) is 9.80 Å². The lowest BCUT2D eigenvalue weighted by molar-refractivity contribution is 0.474. The van der Waals surface area contributed by atoms with Crippen LogP contribution in [0.2, 0.25) is 0 Å². The number of hydrogen-bond acceptors (Lipinski definition) is 3. The van der Waals surface area contributed by atoms with Gasteiger partial charge in [-0.1, -0.05) is 152 Å². The zero-order valence-corrected chi connectivity index (χ0v) is 40.9. The fourth-order valence-corrected chi connectivity index (χ4v) is 9.87. The minimum Gasteiger partial charge on any atom is -0.456 e. The van der Waals surface area contributed by atoms with Gasteiger partial charge < -0.3 is 14.2 Å². The molecule has 328 valence electrons. The van der Waals surface area contributed by atoms with Crippen molar-refractivity contribution in [2.24, 2.45) is 0 Å². The molecule has 3 nitrogen and oxygen atoms in total. The van der Waals surface area contributed by atoms with Crippen LogP contribution in [-0.4, -0.2) is 0 Å². The highest BCUT2D eigenvalue weighted by molar-refractivity contribution is 6.21. The molecule has 1 aromatic heterocycles. The second-order valence-electron chi connectivity index (χ2n) is 23.3. The van der Waals surface area contributed by atoms with E-state index in [-0.39, 0.29) is 27.1 Å². The van der Waals surface area contributed by atoms with E-state index >= 15 is 0 Å². The van der Waals surface area contributed by atoms with E-state index in [0.717, 1.165) is 46.5 Å². The molecular formula is C61H68N2O. The molecule has 0 fully saturated rings. The molecule has 9 rings (SSSR count). The SMILES string of the molecule is CC(C)(C)c1ccc(N(c2cccc(C(C)(C)C)c2)c2ccc3c(c2)oc2cc4c5c(c(N(c6ccc(C(C)(C)C)cc6)c6cccc(C(C)(C)C)c6)ccc5c23)CCC4(C)C)cc1. The molecule has 1 aliphatic carbocycles. The molecule has 0 radical (unpaired) electrons. The Hall–Kier alpha value is -5.80. The number of hydrogen-bond donors (Lipinski definition) is 0. The van der Waals surface area contributed by atoms with Gasteiger partial charge in [0.05, 0.1) is 0 Å². The monoisotopic (exact) mass is 845 g/mol. The summed E-state index contributed by atoms with van der Waals surface area (Å²) >= 11 is 0. The van der Waals surface area contributed by atoms with Crippen molar-refractivity contribution in [1.29, 1.82) is 0 Å². The predicted molar refractivity (Wildman–Crippen MR) is 277 cm³/mol. The highest BCUT2D eigenvalue weighted by Crippen LogP contribution is 2.51. The van der Waals surface area contributed by atoms with Crippen LogP contribution >= 0.6 is 0 Å². The molecule has 0 bridgehead atoms. The van der Waals surface area contributed by atoms with Crippen LogP contribution in [0, 0.1) is 0 Å². The number of fused-ring (bicyclic) bond motifs is 4. The summed E-state index contributed by atoms with van der Waals surface area (Å²) in [6, 6.07) is 50.5. The molecule has 3 heteroatoms. The van der Waals surface area contributed by atoms with Crippen molar-refractivity contribution in [3.8, 4) is 0 Å². The summed E-state index contributed by atoms with van der Waals surface area (Å²) in [5.74, 6) is 0. The van der Waals surface area contributed by atoms with Crippen molar-refractivity contribution < 1.29 is 4.42 Å². The van der Waals surface area contributed by atoms with E-state index in [2.05, 4.69) is 240 Å². The smallest absolute Gasteiger partial charge is 0.137 e. The molecule has 7 aromatic carbocycles. The minimum atomic E-state index is -0.0262. The summed E-state index contributed by atoms with van der Waals surface area (Å²) in [7, 11) is 0. The van der Waals surface area contributed by atoms with Crippen LogP contribution in [0.4, 0.5) is 34.1 Å². The second kappa shape index (κ2) is 15.2. The first-order chi connectivity index (χ1) is 30.0. The molecule has 0 saturated carbocycles. The first kappa shape index (κ1) is 43.5. The van der Waals surface area contributed by atoms with Crippen LogP contribution in [0.5, 0.6) is 0 Å². The van der Waals surface area contributed by atoms with Crippen LogP contribution in [0.15, 0.2) is 138 Å². The maximum Gasteiger partial charge on any atom is 0.137 e. The maximum absolute atomic E-state index is 7.03. The lowest BCUT2D eigenvalue weighted by Crippen LogP contribution is -2.24. The molecule has 0 amide bonds. The van der Waals surface area contributed by atoms with Gasteiger partial charge in [0, 0.05) is 51.0 Å². The molecule has 1 heterocycles. The van der Waals surface area contributed by atoms with Crippen molar-refractivity contribution in [1.82, 2.24) is 0 Å². The lowest BCUT2D eigenvalue weighted by atomic mass is 9.71. The Labute approximate surface area is 383 Å². The van der Waals surface area contributed by atoms with Gasteiger partial charge in [-0.2, -0.15) is 0 Å². The largest absolute Gasteiger partial charge is 0.456 e. The summed E-state index contributed by atoms with van der Waals surface area (Å²) in [6.07, 6.45) is 2.04. The van der Waals surface area contributed by atoms with Gasteiger partial charge in [0.15, 0.2) is 0 Å². The molecule has 64 heavy (non-hydrogen) atoms. The Balaban J connectivity index is 1.25. The Morgan fingerprint density at radius 3 is 1.42 bits per heavy atom. The summed E-state index contributed by atoms with van der Waals surface area (Å²) < 4.78 is 7.03. The second-order valence-corrected chi connectivity index (χ2v) is 23.3. The molecule has 1 aliphatic rings. The summed E-state index contributed by atoms with van der Waals surface area (Å²) in [5, 5.41) is 4.98. The van der Waals surface area contributed by atoms with Crippen LogP contribution < -0.4 is 9.80 Å². The number of benzene rings is 7. The third-order valence-corrected chi connectivity index (χ3v) is 14.0. The molecule has 8 aromatic rings. The van der Waals surface area contributed by atoms with Crippen molar-refractivity contribution in [3.05, 3.63) is 167 Å². The highest BCUT2D eigenvalue weighted by Gasteiger charge is 2.34. The zero-order chi connectivity index (χ0) is 45.7. The average Bonchev–Trinajstić information content (AvgIpc) is 3.60. The summed E-state index contributed by atoms with van der Waals surface area (Å²) in [6.45, 7) is 32.3. The summed E-state index contributed by atoms with van der Waals surface area (Å²) in [4.78, 5) is 4.90. The zero-order valence-electron chi connectivity index (χ0n) is 40.9. The van der Waals surface area contributed by atoms with Crippen LogP contribution in [-0.2, 0) is 33.5 Å². The fourth-order valence-electron chi connectivity index (χ4n) is 9.87. The van der Waals surface area contributed by atoms with Gasteiger partial charge in [0.1, 0.15) is 11.2 Å². The van der Waals surface area contributed by atoms with Gasteiger partial charge in [0.2, 0.25) is 0 Å². The number of rotatable bonds is 6. The Morgan fingerprint density at radius 2 is 0.891 bits per heavy atom. The Kier molecular flexibility index (Phi) is 10.3. The minimum absolute atomic E-state index is 0.0137. The quantitative estimate of drug-likeness (QED) is 0.166. The number of anilines is 6. The van der Waals surface area contributed by atoms with E-state index in [1.165, 1.54) is 66.6 Å². The van der Waals surface area contributed by atoms with Crippen LogP contribution in [0.3, 0.4) is 0 Å². The first-order valence-electron chi connectivity index (χ1n) is 23.5. The van der Waals surface area contributed by atoms with E-state index in [9.17, 15) is 0 Å². The van der Waals surface area contributed by atoms with Crippen LogP contribution in [0.1, 0.15) is 137 Å². The van der Waals surface area contributed by atoms with E-state index in [1.807, 2.05) is 0 Å². The van der Waals surface area contributed by atoms with Gasteiger partial charge >= 0.3 is 0 Å². The molecule has 0 atom stereocenters. The number of aryl methyl sites for hydroxylation is 1. The molecule has 0 aliphatic heterocycles. The van der Waals surface area contributed by atoms with E-state index in [0.29, 0.717) is 0 Å². The van der Waals surface area contributed by atoms with E-state index in [4.69, 9.17) is 4.42 Å². The first-order valence-corrected chi connectivity index (χ1v) is 23.5. The van der Waals surface area contributed by atoms with Gasteiger partial charge in [-0.05, 0) is 157 Å². The van der Waals surface area contributed by atoms with Gasteiger partial charge in [-0.25, -0.2) is 0 Å². The van der Waals surface area contributed by atoms with Gasteiger partial charge in [-0.3, -0.25) is 0 Å². The van der Waals surface area contributed by atoms with Crippen LogP contribution in [0.25, 0.3) is 32.7 Å². The van der Waals surface area contributed by atoms with Crippen molar-refractivity contribution in [3.63, 3.8) is 0 Å². The lowest BCUT2D eigenvalue weighted by Gasteiger charge is -2.36. The normalized spacial score (nSPS) is 14.4. The van der Waals surface area contributed by atoms with Gasteiger partial charge in [-0.15, -0.1) is 0 Å². The Morgan fingerprint density at radius 1 is 0.422 bits per heavy atom. The van der Waals surface area contributed by atoms with Crippen molar-refractivity contribution in [2.45, 2.75) is 137 Å². The van der Waals surface area contributed by atoms with E-state index in [1.54, 1.807) is 0 Å². The fraction of sp³-hybridized carbons (Fsp3) is 0.344. The molecule has 0 unspecified atom stereocenters. The molecule has 0 saturated heterocycles. The molecule has 0 spiro atoms. The third-order valence-electron chi connectivity index (χ3n) is 14.0.